The Kier molecular flexibility index (Phi) is 6.50. The van der Waals surface area contributed by atoms with Crippen LogP contribution in [0.25, 0.3) is 0 Å². The molecular formula is C21H25FN2O2. The summed E-state index contributed by atoms with van der Waals surface area (Å²) in [6.45, 7) is 5.62. The van der Waals surface area contributed by atoms with Crippen molar-refractivity contribution in [2.75, 3.05) is 7.05 Å². The zero-order valence-electron chi connectivity index (χ0n) is 15.7. The molecule has 0 aliphatic heterocycles. The highest BCUT2D eigenvalue weighted by Gasteiger charge is 2.26. The molecule has 2 aromatic carbocycles. The average molecular weight is 356 g/mol. The van der Waals surface area contributed by atoms with Crippen LogP contribution < -0.4 is 5.32 Å². The van der Waals surface area contributed by atoms with E-state index in [0.717, 1.165) is 16.7 Å². The van der Waals surface area contributed by atoms with E-state index < -0.39 is 6.04 Å². The number of hydrogen-bond acceptors (Lipinski definition) is 2. The number of halogens is 1. The van der Waals surface area contributed by atoms with Gasteiger partial charge in [-0.1, -0.05) is 42.0 Å². The number of nitrogens with one attached hydrogen (secondary N) is 1. The fourth-order valence-electron chi connectivity index (χ4n) is 2.86. The first-order chi connectivity index (χ1) is 12.3. The lowest BCUT2D eigenvalue weighted by molar-refractivity contribution is -0.139. The van der Waals surface area contributed by atoms with Crippen LogP contribution in [-0.2, 0) is 22.6 Å². The van der Waals surface area contributed by atoms with Crippen molar-refractivity contribution in [1.82, 2.24) is 10.2 Å². The lowest BCUT2D eigenvalue weighted by Crippen LogP contribution is -2.47. The van der Waals surface area contributed by atoms with Gasteiger partial charge in [0.05, 0.1) is 6.42 Å². The molecule has 2 rings (SSSR count). The average Bonchev–Trinajstić information content (AvgIpc) is 2.62. The van der Waals surface area contributed by atoms with Crippen LogP contribution in [0.15, 0.2) is 42.5 Å². The maximum atomic E-state index is 14.1. The molecule has 0 unspecified atom stereocenters. The predicted octanol–water partition coefficient (Wildman–Crippen LogP) is 3.15. The normalized spacial score (nSPS) is 11.7. The largest absolute Gasteiger partial charge is 0.357 e. The van der Waals surface area contributed by atoms with E-state index in [1.807, 2.05) is 32.0 Å². The second kappa shape index (κ2) is 8.61. The molecule has 0 aliphatic rings. The molecule has 26 heavy (non-hydrogen) atoms. The molecule has 0 fully saturated rings. The van der Waals surface area contributed by atoms with Crippen LogP contribution >= 0.6 is 0 Å². The number of aryl methyl sites for hydroxylation is 2. The molecule has 1 N–H and O–H groups in total. The maximum Gasteiger partial charge on any atom is 0.242 e. The van der Waals surface area contributed by atoms with Gasteiger partial charge in [0, 0.05) is 19.2 Å². The third kappa shape index (κ3) is 4.69. The monoisotopic (exact) mass is 356 g/mol. The van der Waals surface area contributed by atoms with Gasteiger partial charge in [0.2, 0.25) is 11.8 Å². The lowest BCUT2D eigenvalue weighted by Gasteiger charge is -2.29. The Morgan fingerprint density at radius 2 is 1.81 bits per heavy atom. The highest BCUT2D eigenvalue weighted by Crippen LogP contribution is 2.17. The van der Waals surface area contributed by atoms with Gasteiger partial charge in [-0.2, -0.15) is 0 Å². The van der Waals surface area contributed by atoms with Crippen LogP contribution in [0, 0.1) is 19.7 Å². The van der Waals surface area contributed by atoms with Crippen molar-refractivity contribution in [2.45, 2.75) is 39.8 Å². The molecule has 0 spiro atoms. The summed E-state index contributed by atoms with van der Waals surface area (Å²) in [6.07, 6.45) is 0.170. The molecule has 0 heterocycles. The van der Waals surface area contributed by atoms with E-state index in [1.54, 1.807) is 25.1 Å². The summed E-state index contributed by atoms with van der Waals surface area (Å²) in [6, 6.07) is 11.5. The minimum absolute atomic E-state index is 0.0466. The van der Waals surface area contributed by atoms with Gasteiger partial charge in [-0.05, 0) is 38.0 Å². The standard InChI is InChI=1S/C21H25FN2O2/c1-14-9-10-15(2)18(11-14)12-20(25)24(16(3)21(26)23-4)13-17-7-5-6-8-19(17)22/h5-11,16H,12-13H2,1-4H3,(H,23,26)/t16-/m1/s1. The quantitative estimate of drug-likeness (QED) is 0.864. The van der Waals surface area contributed by atoms with E-state index >= 15 is 0 Å². The first-order valence-corrected chi connectivity index (χ1v) is 8.64. The van der Waals surface area contributed by atoms with Gasteiger partial charge in [0.15, 0.2) is 0 Å². The summed E-state index contributed by atoms with van der Waals surface area (Å²) in [7, 11) is 1.52. The van der Waals surface area contributed by atoms with Gasteiger partial charge >= 0.3 is 0 Å². The minimum atomic E-state index is -0.697. The van der Waals surface area contributed by atoms with Crippen molar-refractivity contribution in [2.24, 2.45) is 0 Å². The number of carbonyl (C=O) groups excluding carboxylic acids is 2. The minimum Gasteiger partial charge on any atom is -0.357 e. The van der Waals surface area contributed by atoms with Crippen molar-refractivity contribution in [3.05, 3.63) is 70.5 Å². The van der Waals surface area contributed by atoms with E-state index in [-0.39, 0.29) is 30.6 Å². The molecule has 5 heteroatoms. The third-order valence-electron chi connectivity index (χ3n) is 4.56. The number of hydrogen-bond donors (Lipinski definition) is 1. The van der Waals surface area contributed by atoms with Gasteiger partial charge in [-0.25, -0.2) is 4.39 Å². The van der Waals surface area contributed by atoms with Gasteiger partial charge in [-0.15, -0.1) is 0 Å². The van der Waals surface area contributed by atoms with Crippen LogP contribution in [0.3, 0.4) is 0 Å². The summed E-state index contributed by atoms with van der Waals surface area (Å²) < 4.78 is 14.1. The number of amides is 2. The van der Waals surface area contributed by atoms with E-state index in [2.05, 4.69) is 5.32 Å². The molecule has 0 saturated carbocycles. The van der Waals surface area contributed by atoms with Gasteiger partial charge in [-0.3, -0.25) is 9.59 Å². The number of nitrogens with zero attached hydrogens (tertiary/aromatic N) is 1. The predicted molar refractivity (Wildman–Crippen MR) is 100 cm³/mol. The summed E-state index contributed by atoms with van der Waals surface area (Å²) in [5.41, 5.74) is 3.39. The molecule has 0 radical (unpaired) electrons. The second-order valence-electron chi connectivity index (χ2n) is 6.51. The number of benzene rings is 2. The van der Waals surface area contributed by atoms with Crippen LogP contribution in [0.1, 0.15) is 29.2 Å². The number of carbonyl (C=O) groups is 2. The molecule has 2 aromatic rings. The molecule has 0 bridgehead atoms. The molecule has 1 atom stereocenters. The van der Waals surface area contributed by atoms with Crippen molar-refractivity contribution in [1.29, 1.82) is 0 Å². The molecular weight excluding hydrogens is 331 g/mol. The highest BCUT2D eigenvalue weighted by molar-refractivity contribution is 5.88. The van der Waals surface area contributed by atoms with Crippen molar-refractivity contribution in [3.8, 4) is 0 Å². The Morgan fingerprint density at radius 3 is 2.46 bits per heavy atom. The summed E-state index contributed by atoms with van der Waals surface area (Å²) >= 11 is 0. The summed E-state index contributed by atoms with van der Waals surface area (Å²) in [4.78, 5) is 26.5. The summed E-state index contributed by atoms with van der Waals surface area (Å²) in [5, 5.41) is 2.56. The zero-order valence-corrected chi connectivity index (χ0v) is 15.7. The van der Waals surface area contributed by atoms with Crippen LogP contribution in [0.4, 0.5) is 4.39 Å². The molecule has 0 saturated heterocycles. The zero-order chi connectivity index (χ0) is 19.3. The smallest absolute Gasteiger partial charge is 0.242 e. The van der Waals surface area contributed by atoms with Gasteiger partial charge < -0.3 is 10.2 Å². The molecule has 0 aromatic heterocycles. The first-order valence-electron chi connectivity index (χ1n) is 8.64. The molecule has 138 valence electrons. The third-order valence-corrected chi connectivity index (χ3v) is 4.56. The van der Waals surface area contributed by atoms with Crippen molar-refractivity contribution >= 4 is 11.8 Å². The van der Waals surface area contributed by atoms with E-state index in [0.29, 0.717) is 5.56 Å². The molecule has 0 aliphatic carbocycles. The van der Waals surface area contributed by atoms with E-state index in [4.69, 9.17) is 0 Å². The number of rotatable bonds is 6. The Labute approximate surface area is 154 Å². The Bertz CT molecular complexity index is 804. The van der Waals surface area contributed by atoms with Crippen LogP contribution in [0.2, 0.25) is 0 Å². The number of likely N-dealkylation sites (N-methyl/N-ethyl adjacent to an activating group) is 1. The topological polar surface area (TPSA) is 49.4 Å². The Morgan fingerprint density at radius 1 is 1.12 bits per heavy atom. The van der Waals surface area contributed by atoms with Crippen LogP contribution in [-0.4, -0.2) is 29.8 Å². The SMILES string of the molecule is CNC(=O)[C@@H](C)N(Cc1ccccc1F)C(=O)Cc1cc(C)ccc1C. The van der Waals surface area contributed by atoms with Crippen molar-refractivity contribution < 1.29 is 14.0 Å². The van der Waals surface area contributed by atoms with E-state index in [1.165, 1.54) is 18.0 Å². The maximum absolute atomic E-state index is 14.1. The first kappa shape index (κ1) is 19.6. The lowest BCUT2D eigenvalue weighted by atomic mass is 10.0. The molecule has 4 nitrogen and oxygen atoms in total. The Hall–Kier alpha value is -2.69. The van der Waals surface area contributed by atoms with Crippen LogP contribution in [0.5, 0.6) is 0 Å². The fourth-order valence-corrected chi connectivity index (χ4v) is 2.86. The second-order valence-corrected chi connectivity index (χ2v) is 6.51. The summed E-state index contributed by atoms with van der Waals surface area (Å²) in [5.74, 6) is -0.880. The van der Waals surface area contributed by atoms with E-state index in [9.17, 15) is 14.0 Å². The van der Waals surface area contributed by atoms with Gasteiger partial charge in [0.1, 0.15) is 11.9 Å². The van der Waals surface area contributed by atoms with Crippen molar-refractivity contribution in [3.63, 3.8) is 0 Å². The fraction of sp³-hybridized carbons (Fsp3) is 0.333. The van der Waals surface area contributed by atoms with Gasteiger partial charge in [0.25, 0.3) is 0 Å². The Balaban J connectivity index is 2.30. The highest BCUT2D eigenvalue weighted by atomic mass is 19.1. The molecule has 2 amide bonds.